The fraction of sp³-hybridized carbons (Fsp3) is 0.206. The van der Waals surface area contributed by atoms with E-state index in [1.165, 1.54) is 6.07 Å². The highest BCUT2D eigenvalue weighted by Crippen LogP contribution is 2.35. The van der Waals surface area contributed by atoms with Gasteiger partial charge in [-0.2, -0.15) is 0 Å². The number of rotatable bonds is 9. The molecular weight excluding hydrogens is 608 g/mol. The smallest absolute Gasteiger partial charge is 0.239 e. The maximum absolute atomic E-state index is 13.2. The van der Waals surface area contributed by atoms with Crippen molar-refractivity contribution in [1.82, 2.24) is 25.4 Å². The van der Waals surface area contributed by atoms with E-state index in [2.05, 4.69) is 20.8 Å². The highest BCUT2D eigenvalue weighted by Gasteiger charge is 2.30. The lowest BCUT2D eigenvalue weighted by Crippen LogP contribution is -2.38. The Bertz CT molecular complexity index is 1990. The van der Waals surface area contributed by atoms with Gasteiger partial charge in [-0.3, -0.25) is 19.1 Å². The van der Waals surface area contributed by atoms with E-state index in [9.17, 15) is 19.8 Å². The molecule has 5 aromatic rings. The number of hydrogen-bond donors (Lipinski definition) is 4. The van der Waals surface area contributed by atoms with Gasteiger partial charge in [0.2, 0.25) is 11.8 Å². The van der Waals surface area contributed by atoms with Crippen molar-refractivity contribution in [3.05, 3.63) is 106 Å². The molecule has 0 spiro atoms. The van der Waals surface area contributed by atoms with Crippen LogP contribution in [0.25, 0.3) is 16.5 Å². The number of aryl methyl sites for hydroxylation is 1. The van der Waals surface area contributed by atoms with Gasteiger partial charge in [0, 0.05) is 28.1 Å². The van der Waals surface area contributed by atoms with E-state index >= 15 is 0 Å². The van der Waals surface area contributed by atoms with Gasteiger partial charge in [0.1, 0.15) is 17.6 Å². The summed E-state index contributed by atoms with van der Waals surface area (Å²) in [5, 5.41) is 36.1. The predicted molar refractivity (Wildman–Crippen MR) is 174 cm³/mol. The second kappa shape index (κ2) is 12.9. The fourth-order valence-corrected chi connectivity index (χ4v) is 5.63. The van der Waals surface area contributed by atoms with Gasteiger partial charge in [-0.1, -0.05) is 41.9 Å². The van der Waals surface area contributed by atoms with E-state index in [0.29, 0.717) is 46.5 Å². The third-order valence-electron chi connectivity index (χ3n) is 7.85. The number of aromatic nitrogens is 3. The quantitative estimate of drug-likeness (QED) is 0.173. The first-order valence-corrected chi connectivity index (χ1v) is 15.0. The van der Waals surface area contributed by atoms with Crippen LogP contribution in [0.5, 0.6) is 17.2 Å². The zero-order valence-electron chi connectivity index (χ0n) is 25.1. The molecule has 1 unspecified atom stereocenters. The van der Waals surface area contributed by atoms with Crippen LogP contribution in [0.2, 0.25) is 5.02 Å². The largest absolute Gasteiger partial charge is 0.504 e. The number of fused-ring (bicyclic) bond motifs is 4. The molecule has 234 valence electrons. The Morgan fingerprint density at radius 2 is 1.74 bits per heavy atom. The lowest BCUT2D eigenvalue weighted by atomic mass is 10.00. The van der Waals surface area contributed by atoms with Crippen molar-refractivity contribution in [3.8, 4) is 22.9 Å². The van der Waals surface area contributed by atoms with Crippen LogP contribution in [0.15, 0.2) is 77.8 Å². The second-order valence-corrected chi connectivity index (χ2v) is 11.3. The van der Waals surface area contributed by atoms with E-state index < -0.39 is 6.04 Å². The van der Waals surface area contributed by atoms with Crippen LogP contribution < -0.4 is 15.4 Å². The third-order valence-corrected chi connectivity index (χ3v) is 8.10. The molecule has 1 atom stereocenters. The van der Waals surface area contributed by atoms with Crippen molar-refractivity contribution >= 4 is 39.9 Å². The average molecular weight is 639 g/mol. The van der Waals surface area contributed by atoms with Crippen LogP contribution in [-0.2, 0) is 16.0 Å². The number of amides is 2. The van der Waals surface area contributed by atoms with Gasteiger partial charge in [0.15, 0.2) is 17.3 Å². The molecule has 2 heterocycles. The lowest BCUT2D eigenvalue weighted by Gasteiger charge is -2.14. The summed E-state index contributed by atoms with van der Waals surface area (Å²) in [6, 6.07) is 20.9. The molecule has 0 saturated carbocycles. The minimum absolute atomic E-state index is 0.0684. The van der Waals surface area contributed by atoms with Gasteiger partial charge < -0.3 is 25.6 Å². The molecule has 1 aromatic heterocycles. The van der Waals surface area contributed by atoms with Crippen molar-refractivity contribution in [3.63, 3.8) is 0 Å². The zero-order valence-corrected chi connectivity index (χ0v) is 25.9. The molecule has 1 aliphatic heterocycles. The number of aromatic hydroxyl groups is 2. The topological polar surface area (TPSA) is 151 Å². The van der Waals surface area contributed by atoms with Gasteiger partial charge >= 0.3 is 0 Å². The first kappa shape index (κ1) is 30.6. The molecule has 0 radical (unpaired) electrons. The molecule has 0 fully saturated rings. The molecule has 11 nitrogen and oxygen atoms in total. The number of nitrogens with one attached hydrogen (secondary N) is 2. The summed E-state index contributed by atoms with van der Waals surface area (Å²) in [5.74, 6) is 0.692. The number of carbonyl (C=O) groups excluding carboxylic acids is 2. The highest BCUT2D eigenvalue weighted by atomic mass is 35.5. The average Bonchev–Trinajstić information content (AvgIpc) is 3.38. The maximum Gasteiger partial charge on any atom is 0.239 e. The van der Waals surface area contributed by atoms with Crippen molar-refractivity contribution < 1.29 is 24.5 Å². The summed E-state index contributed by atoms with van der Waals surface area (Å²) in [4.78, 5) is 30.8. The summed E-state index contributed by atoms with van der Waals surface area (Å²) in [6.07, 6.45) is 0.427. The Kier molecular flexibility index (Phi) is 8.58. The Morgan fingerprint density at radius 3 is 2.52 bits per heavy atom. The van der Waals surface area contributed by atoms with Crippen LogP contribution in [0.3, 0.4) is 0 Å². The number of methoxy groups -OCH3 is 1. The van der Waals surface area contributed by atoms with Crippen molar-refractivity contribution in [2.24, 2.45) is 4.99 Å². The molecule has 6 rings (SSSR count). The number of carbonyl (C=O) groups is 2. The highest BCUT2D eigenvalue weighted by molar-refractivity contribution is 6.30. The number of phenols is 2. The van der Waals surface area contributed by atoms with Crippen LogP contribution in [0.4, 0.5) is 0 Å². The number of ether oxygens (including phenoxy) is 1. The summed E-state index contributed by atoms with van der Waals surface area (Å²) in [5.41, 5.74) is 3.90. The van der Waals surface area contributed by atoms with Gasteiger partial charge in [0.05, 0.1) is 31.5 Å². The molecule has 0 bridgehead atoms. The van der Waals surface area contributed by atoms with E-state index in [1.807, 2.05) is 54.0 Å². The second-order valence-electron chi connectivity index (χ2n) is 10.9. The van der Waals surface area contributed by atoms with E-state index in [1.54, 1.807) is 31.4 Å². The predicted octanol–water partition coefficient (Wildman–Crippen LogP) is 4.56. The number of hydrogen-bond acceptors (Lipinski definition) is 8. The summed E-state index contributed by atoms with van der Waals surface area (Å²) in [7, 11) is 1.60. The minimum Gasteiger partial charge on any atom is -0.504 e. The molecule has 0 saturated heterocycles. The number of aliphatic imine (C=N–C) groups is 1. The molecule has 4 N–H and O–H groups in total. The first-order valence-electron chi connectivity index (χ1n) is 14.6. The Labute approximate surface area is 269 Å². The summed E-state index contributed by atoms with van der Waals surface area (Å²) >= 11 is 6.17. The molecule has 12 heteroatoms. The van der Waals surface area contributed by atoms with E-state index in [-0.39, 0.29) is 36.3 Å². The normalized spacial score (nSPS) is 13.7. The Morgan fingerprint density at radius 1 is 0.957 bits per heavy atom. The Hall–Kier alpha value is -5.42. The molecule has 0 aliphatic carbocycles. The van der Waals surface area contributed by atoms with Crippen LogP contribution in [0, 0.1) is 6.92 Å². The van der Waals surface area contributed by atoms with Gasteiger partial charge in [-0.15, -0.1) is 10.2 Å². The number of nitrogens with zero attached hydrogens (tertiary/aromatic N) is 4. The lowest BCUT2D eigenvalue weighted by molar-refractivity contribution is -0.126. The standard InChI is InChI=1S/C34H31ClN6O5/c1-19-39-40-34-27(38-32(22-5-8-23(35)9-6-22)26-16-24(46-2)10-11-28(26)41(19)34)17-30(43)37-18-31(44)36-14-13-20-3-4-21-7-12-29(42)33(45)25(21)15-20/h3-12,15-16,27,42,45H,13-14,17-18H2,1-2H3,(H,36,44)(H,37,43). The molecule has 1 aliphatic rings. The van der Waals surface area contributed by atoms with Gasteiger partial charge in [-0.25, -0.2) is 0 Å². The molecule has 4 aromatic carbocycles. The maximum atomic E-state index is 13.2. The van der Waals surface area contributed by atoms with Crippen LogP contribution in [0.1, 0.15) is 40.8 Å². The van der Waals surface area contributed by atoms with Crippen LogP contribution in [-0.4, -0.2) is 62.7 Å². The van der Waals surface area contributed by atoms with E-state index in [4.69, 9.17) is 21.3 Å². The van der Waals surface area contributed by atoms with Gasteiger partial charge in [-0.05, 0) is 66.8 Å². The summed E-state index contributed by atoms with van der Waals surface area (Å²) < 4.78 is 7.40. The van der Waals surface area contributed by atoms with Gasteiger partial charge in [0.25, 0.3) is 0 Å². The van der Waals surface area contributed by atoms with Crippen molar-refractivity contribution in [2.75, 3.05) is 20.2 Å². The molecule has 2 amide bonds. The van der Waals surface area contributed by atoms with E-state index in [0.717, 1.165) is 27.8 Å². The number of halogens is 1. The third kappa shape index (κ3) is 6.22. The first-order chi connectivity index (χ1) is 22.2. The monoisotopic (exact) mass is 638 g/mol. The SMILES string of the molecule is COc1ccc2c(c1)C(c1ccc(Cl)cc1)=NC(CC(=O)NCC(=O)NCCc1ccc3ccc(O)c(O)c3c1)c1nnc(C)n1-2. The molecular formula is C34H31ClN6O5. The zero-order chi connectivity index (χ0) is 32.4. The molecule has 46 heavy (non-hydrogen) atoms. The van der Waals surface area contributed by atoms with Crippen molar-refractivity contribution in [1.29, 1.82) is 0 Å². The minimum atomic E-state index is -0.697. The number of benzene rings is 4. The number of phenolic OH excluding ortho intramolecular Hbond substituents is 2. The fourth-order valence-electron chi connectivity index (χ4n) is 5.51. The Balaban J connectivity index is 1.15. The summed E-state index contributed by atoms with van der Waals surface area (Å²) in [6.45, 7) is 1.94. The van der Waals surface area contributed by atoms with Crippen molar-refractivity contribution in [2.45, 2.75) is 25.8 Å². The van der Waals surface area contributed by atoms with Crippen LogP contribution >= 0.6 is 11.6 Å².